The van der Waals surface area contributed by atoms with Crippen LogP contribution in [0.25, 0.3) is 0 Å². The van der Waals surface area contributed by atoms with E-state index in [1.165, 1.54) is 18.0 Å². The van der Waals surface area contributed by atoms with Crippen molar-refractivity contribution >= 4 is 46.4 Å². The van der Waals surface area contributed by atoms with Crippen molar-refractivity contribution in [3.63, 3.8) is 0 Å². The van der Waals surface area contributed by atoms with Gasteiger partial charge >= 0.3 is 0 Å². The van der Waals surface area contributed by atoms with Gasteiger partial charge in [0.2, 0.25) is 0 Å². The van der Waals surface area contributed by atoms with Crippen LogP contribution < -0.4 is 15.5 Å². The van der Waals surface area contributed by atoms with Gasteiger partial charge < -0.3 is 20.3 Å². The summed E-state index contributed by atoms with van der Waals surface area (Å²) in [6.07, 6.45) is 3.48. The van der Waals surface area contributed by atoms with E-state index in [1.54, 1.807) is 25.5 Å². The Hall–Kier alpha value is -0.610. The van der Waals surface area contributed by atoms with Gasteiger partial charge in [-0.1, -0.05) is 0 Å². The highest BCUT2D eigenvalue weighted by molar-refractivity contribution is 14.0. The number of aliphatic imine (C=N–C) groups is 1. The topological polar surface area (TPSA) is 61.8 Å². The summed E-state index contributed by atoms with van der Waals surface area (Å²) in [6.45, 7) is 7.91. The predicted molar refractivity (Wildman–Crippen MR) is 113 cm³/mol. The first-order valence-electron chi connectivity index (χ1n) is 8.23. The molecule has 0 atom stereocenters. The summed E-state index contributed by atoms with van der Waals surface area (Å²) < 4.78 is 5.40. The van der Waals surface area contributed by atoms with Gasteiger partial charge in [-0.25, -0.2) is 4.98 Å². The van der Waals surface area contributed by atoms with Crippen LogP contribution in [0.15, 0.2) is 10.4 Å². The fourth-order valence-corrected chi connectivity index (χ4v) is 3.28. The van der Waals surface area contributed by atoms with Crippen LogP contribution in [0.2, 0.25) is 0 Å². The Morgan fingerprint density at radius 1 is 1.38 bits per heavy atom. The van der Waals surface area contributed by atoms with E-state index < -0.39 is 0 Å². The summed E-state index contributed by atoms with van der Waals surface area (Å²) in [5, 5.41) is 9.95. The van der Waals surface area contributed by atoms with Gasteiger partial charge in [0, 0.05) is 52.1 Å². The third-order valence-electron chi connectivity index (χ3n) is 4.05. The second kappa shape index (κ2) is 10.4. The lowest BCUT2D eigenvalue weighted by atomic mass is 10.1. The summed E-state index contributed by atoms with van der Waals surface area (Å²) in [7, 11) is 3.50. The number of anilines is 1. The highest BCUT2D eigenvalue weighted by atomic mass is 127. The van der Waals surface area contributed by atoms with E-state index in [-0.39, 0.29) is 29.6 Å². The second-order valence-corrected chi connectivity index (χ2v) is 7.22. The van der Waals surface area contributed by atoms with Crippen LogP contribution in [-0.4, -0.2) is 56.9 Å². The summed E-state index contributed by atoms with van der Waals surface area (Å²) >= 11 is 1.75. The quantitative estimate of drug-likeness (QED) is 0.367. The molecule has 6 nitrogen and oxygen atoms in total. The van der Waals surface area contributed by atoms with Gasteiger partial charge in [-0.05, 0) is 26.7 Å². The average Bonchev–Trinajstić information content (AvgIpc) is 3.21. The third-order valence-corrected chi connectivity index (χ3v) is 5.00. The Morgan fingerprint density at radius 3 is 2.71 bits per heavy atom. The minimum Gasteiger partial charge on any atom is -0.377 e. The largest absolute Gasteiger partial charge is 0.377 e. The first-order chi connectivity index (χ1) is 11.0. The van der Waals surface area contributed by atoms with E-state index in [9.17, 15) is 0 Å². The van der Waals surface area contributed by atoms with Gasteiger partial charge in [0.1, 0.15) is 0 Å². The maximum absolute atomic E-state index is 5.40. The van der Waals surface area contributed by atoms with Crippen LogP contribution in [0.4, 0.5) is 5.13 Å². The van der Waals surface area contributed by atoms with Crippen LogP contribution in [0.3, 0.4) is 0 Å². The Kier molecular flexibility index (Phi) is 9.28. The number of guanidine groups is 1. The van der Waals surface area contributed by atoms with E-state index in [4.69, 9.17) is 9.72 Å². The van der Waals surface area contributed by atoms with E-state index in [0.717, 1.165) is 37.7 Å². The number of thiazole rings is 1. The van der Waals surface area contributed by atoms with Gasteiger partial charge in [0.05, 0.1) is 11.3 Å². The molecule has 1 aromatic rings. The number of methoxy groups -OCH3 is 1. The Labute approximate surface area is 166 Å². The fraction of sp³-hybridized carbons (Fsp3) is 0.750. The maximum Gasteiger partial charge on any atom is 0.191 e. The van der Waals surface area contributed by atoms with Crippen molar-refractivity contribution in [3.05, 3.63) is 11.1 Å². The summed E-state index contributed by atoms with van der Waals surface area (Å²) in [6, 6.07) is 0. The average molecular weight is 467 g/mol. The number of ether oxygens (including phenoxy) is 1. The molecule has 138 valence electrons. The molecule has 0 aromatic carbocycles. The van der Waals surface area contributed by atoms with Crippen LogP contribution >= 0.6 is 35.3 Å². The van der Waals surface area contributed by atoms with Gasteiger partial charge in [-0.3, -0.25) is 4.99 Å². The lowest BCUT2D eigenvalue weighted by Gasteiger charge is -2.24. The molecule has 1 fully saturated rings. The molecule has 2 rings (SSSR count). The fourth-order valence-electron chi connectivity index (χ4n) is 2.36. The number of nitrogens with zero attached hydrogens (tertiary/aromatic N) is 3. The Morgan fingerprint density at radius 2 is 2.08 bits per heavy atom. The van der Waals surface area contributed by atoms with Crippen LogP contribution in [0, 0.1) is 0 Å². The van der Waals surface area contributed by atoms with Gasteiger partial charge in [-0.15, -0.1) is 35.3 Å². The van der Waals surface area contributed by atoms with Gasteiger partial charge in [0.25, 0.3) is 0 Å². The molecule has 0 bridgehead atoms. The standard InChI is InChI=1S/C16H29N5OS.HI/c1-16(2,22-4)12-19-14(17-3)18-8-7-13-11-23-15(20-13)21-9-5-6-10-21;/h11H,5-10,12H2,1-4H3,(H2,17,18,19);1H. The second-order valence-electron chi connectivity index (χ2n) is 6.38. The zero-order valence-electron chi connectivity index (χ0n) is 15.1. The van der Waals surface area contributed by atoms with Gasteiger partial charge in [0.15, 0.2) is 11.1 Å². The molecule has 0 amide bonds. The van der Waals surface area contributed by atoms with E-state index in [1.807, 2.05) is 13.8 Å². The smallest absolute Gasteiger partial charge is 0.191 e. The van der Waals surface area contributed by atoms with Crippen molar-refractivity contribution in [3.8, 4) is 0 Å². The molecule has 0 spiro atoms. The molecule has 1 aromatic heterocycles. The number of aromatic nitrogens is 1. The summed E-state index contributed by atoms with van der Waals surface area (Å²) in [5.74, 6) is 0.796. The lowest BCUT2D eigenvalue weighted by molar-refractivity contribution is 0.0268. The minimum absolute atomic E-state index is 0. The molecule has 24 heavy (non-hydrogen) atoms. The van der Waals surface area contributed by atoms with Crippen molar-refractivity contribution in [1.29, 1.82) is 0 Å². The SMILES string of the molecule is CN=C(NCCc1csc(N2CCCC2)n1)NCC(C)(C)OC.I. The molecule has 0 radical (unpaired) electrons. The predicted octanol–water partition coefficient (Wildman–Crippen LogP) is 2.49. The molecule has 1 saturated heterocycles. The normalized spacial score (nSPS) is 15.3. The minimum atomic E-state index is -0.211. The zero-order chi connectivity index (χ0) is 16.7. The molecule has 1 aliphatic rings. The van der Waals surface area contributed by atoms with Gasteiger partial charge in [-0.2, -0.15) is 0 Å². The van der Waals surface area contributed by atoms with Crippen LogP contribution in [-0.2, 0) is 11.2 Å². The molecule has 2 heterocycles. The number of nitrogens with one attached hydrogen (secondary N) is 2. The van der Waals surface area contributed by atoms with Crippen molar-refractivity contribution in [2.75, 3.05) is 45.2 Å². The molecule has 2 N–H and O–H groups in total. The van der Waals surface area contributed by atoms with Crippen LogP contribution in [0.5, 0.6) is 0 Å². The molecule has 8 heteroatoms. The highest BCUT2D eigenvalue weighted by Gasteiger charge is 2.17. The van der Waals surface area contributed by atoms with Crippen molar-refractivity contribution in [2.45, 2.75) is 38.7 Å². The molecule has 0 saturated carbocycles. The molecule has 0 aliphatic carbocycles. The van der Waals surface area contributed by atoms with Crippen molar-refractivity contribution in [2.24, 2.45) is 4.99 Å². The van der Waals surface area contributed by atoms with E-state index >= 15 is 0 Å². The first kappa shape index (κ1) is 21.4. The van der Waals surface area contributed by atoms with Crippen molar-refractivity contribution < 1.29 is 4.74 Å². The molecule has 0 unspecified atom stereocenters. The zero-order valence-corrected chi connectivity index (χ0v) is 18.2. The number of rotatable bonds is 7. The third kappa shape index (κ3) is 6.72. The lowest BCUT2D eigenvalue weighted by Crippen LogP contribution is -2.45. The highest BCUT2D eigenvalue weighted by Crippen LogP contribution is 2.24. The molecular weight excluding hydrogens is 437 g/mol. The Bertz CT molecular complexity index is 514. The first-order valence-corrected chi connectivity index (χ1v) is 9.11. The number of hydrogen-bond acceptors (Lipinski definition) is 5. The van der Waals surface area contributed by atoms with E-state index in [0.29, 0.717) is 6.54 Å². The monoisotopic (exact) mass is 467 g/mol. The van der Waals surface area contributed by atoms with E-state index in [2.05, 4.69) is 25.9 Å². The molecular formula is C16H30IN5OS. The number of halogens is 1. The maximum atomic E-state index is 5.40. The van der Waals surface area contributed by atoms with Crippen LogP contribution in [0.1, 0.15) is 32.4 Å². The molecule has 1 aliphatic heterocycles. The number of hydrogen-bond donors (Lipinski definition) is 2. The summed E-state index contributed by atoms with van der Waals surface area (Å²) in [5.41, 5.74) is 0.939. The Balaban J connectivity index is 0.00000288. The van der Waals surface area contributed by atoms with Crippen molar-refractivity contribution in [1.82, 2.24) is 15.6 Å². The summed E-state index contributed by atoms with van der Waals surface area (Å²) in [4.78, 5) is 11.4.